The molecule has 1 heterocycles. The van der Waals surface area contributed by atoms with Crippen LogP contribution in [-0.2, 0) is 7.05 Å². The van der Waals surface area contributed by atoms with E-state index in [-0.39, 0.29) is 16.8 Å². The van der Waals surface area contributed by atoms with Gasteiger partial charge in [0.1, 0.15) is 5.69 Å². The molecule has 1 aromatic carbocycles. The summed E-state index contributed by atoms with van der Waals surface area (Å²) in [6.07, 6.45) is 0. The summed E-state index contributed by atoms with van der Waals surface area (Å²) in [7, 11) is 1.98. The largest absolute Gasteiger partial charge is 0.331 e. The Kier molecular flexibility index (Phi) is 6.86. The maximum Gasteiger partial charge on any atom is 0.331 e. The number of nitrogen functional groups attached to an aromatic ring is 1. The summed E-state index contributed by atoms with van der Waals surface area (Å²) < 4.78 is 2.00. The second kappa shape index (κ2) is 7.62. The maximum atomic E-state index is 5.76. The van der Waals surface area contributed by atoms with E-state index in [1.54, 1.807) is 11.3 Å². The van der Waals surface area contributed by atoms with Crippen LogP contribution in [0.1, 0.15) is 0 Å². The third-order valence-corrected chi connectivity index (χ3v) is 2.91. The molecule has 2 rings (SSSR count). The van der Waals surface area contributed by atoms with Gasteiger partial charge < -0.3 is 0 Å². The molecule has 0 radical (unpaired) electrons. The van der Waals surface area contributed by atoms with E-state index in [9.17, 15) is 0 Å². The van der Waals surface area contributed by atoms with Crippen LogP contribution >= 0.6 is 36.7 Å². The minimum absolute atomic E-state index is 0.215. The number of nitrogens with zero attached hydrogens (tertiary/aromatic N) is 1. The molecule has 0 aliphatic carbocycles. The predicted molar refractivity (Wildman–Crippen MR) is 73.2 cm³/mol. The molecule has 0 atom stereocenters. The van der Waals surface area contributed by atoms with Crippen LogP contribution in [0, 0.1) is 0 Å². The summed E-state index contributed by atoms with van der Waals surface area (Å²) >= 11 is 8.13. The quantitative estimate of drug-likeness (QED) is 0.471. The molecule has 2 N–H and O–H groups in total. The first kappa shape index (κ1) is 14.4. The summed E-state index contributed by atoms with van der Waals surface area (Å²) in [5.74, 6) is 0. The molecule has 6 heteroatoms. The molecule has 88 valence electrons. The normalized spacial score (nSPS) is 9.69. The smallest absolute Gasteiger partial charge is 0.278 e. The Morgan fingerprint density at radius 3 is 2.25 bits per heavy atom. The van der Waals surface area contributed by atoms with Crippen LogP contribution in [0.4, 0.5) is 5.13 Å². The number of thiazole rings is 1. The number of halogens is 3. The number of aromatic nitrogens is 1. The van der Waals surface area contributed by atoms with E-state index < -0.39 is 0 Å². The van der Waals surface area contributed by atoms with Gasteiger partial charge in [-0.3, -0.25) is 5.73 Å². The summed E-state index contributed by atoms with van der Waals surface area (Å²) in [5, 5.41) is 2.91. The average molecular weight is 478 g/mol. The molecule has 0 amide bonds. The molecular weight excluding hydrogens is 467 g/mol. The van der Waals surface area contributed by atoms with Crippen molar-refractivity contribution in [1.29, 1.82) is 0 Å². The van der Waals surface area contributed by atoms with E-state index in [4.69, 9.17) is 5.73 Å². The molecule has 2 aromatic rings. The molecule has 0 saturated carbocycles. The van der Waals surface area contributed by atoms with Gasteiger partial charge in [-0.1, -0.05) is 41.7 Å². The average Bonchev–Trinajstić information content (AvgIpc) is 2.62. The number of anilines is 1. The van der Waals surface area contributed by atoms with Gasteiger partial charge in [0.05, 0.1) is 7.05 Å². The van der Waals surface area contributed by atoms with Gasteiger partial charge in [-0.25, -0.2) is 4.57 Å². The van der Waals surface area contributed by atoms with Crippen LogP contribution in [0.3, 0.4) is 0 Å². The number of hydrogen-bond donors (Lipinski definition) is 1. The fourth-order valence-electron chi connectivity index (χ4n) is 1.26. The van der Waals surface area contributed by atoms with Gasteiger partial charge in [-0.15, -0.1) is 0 Å². The van der Waals surface area contributed by atoms with Crippen LogP contribution in [0.15, 0.2) is 35.7 Å². The SMILES string of the molecule is Br[I-]Br.C[n+]1c(-c2ccccc2)csc1N. The Bertz CT molecular complexity index is 434. The van der Waals surface area contributed by atoms with Gasteiger partial charge in [0, 0.05) is 10.9 Å². The first-order chi connectivity index (χ1) is 7.70. The van der Waals surface area contributed by atoms with Gasteiger partial charge in [-0.05, 0) is 0 Å². The second-order valence-corrected chi connectivity index (χ2v) is 13.6. The molecule has 0 unspecified atom stereocenters. The minimum atomic E-state index is 0.215. The fraction of sp³-hybridized carbons (Fsp3) is 0.100. The van der Waals surface area contributed by atoms with E-state index in [1.165, 1.54) is 11.3 Å². The maximum absolute atomic E-state index is 5.76. The van der Waals surface area contributed by atoms with E-state index >= 15 is 0 Å². The number of nitrogens with two attached hydrogens (primary N) is 1. The van der Waals surface area contributed by atoms with Crippen molar-refractivity contribution in [3.63, 3.8) is 0 Å². The fourth-order valence-corrected chi connectivity index (χ4v) is 2.05. The van der Waals surface area contributed by atoms with E-state index in [0.29, 0.717) is 0 Å². The van der Waals surface area contributed by atoms with Crippen molar-refractivity contribution in [2.45, 2.75) is 0 Å². The monoisotopic (exact) mass is 476 g/mol. The number of benzene rings is 1. The van der Waals surface area contributed by atoms with Gasteiger partial charge in [0.15, 0.2) is 0 Å². The Balaban J connectivity index is 0.000000386. The van der Waals surface area contributed by atoms with Crippen molar-refractivity contribution < 1.29 is 21.3 Å². The molecular formula is C10H11Br2IN2S. The zero-order chi connectivity index (χ0) is 12.0. The van der Waals surface area contributed by atoms with Gasteiger partial charge in [0.2, 0.25) is 0 Å². The summed E-state index contributed by atoms with van der Waals surface area (Å²) in [6, 6.07) is 10.2. The second-order valence-electron chi connectivity index (χ2n) is 2.94. The molecule has 0 spiro atoms. The minimum Gasteiger partial charge on any atom is -0.278 e. The first-order valence-corrected chi connectivity index (χ1v) is 14.9. The summed E-state index contributed by atoms with van der Waals surface area (Å²) in [4.78, 5) is 0. The zero-order valence-electron chi connectivity index (χ0n) is 8.53. The first-order valence-electron chi connectivity index (χ1n) is 4.36. The van der Waals surface area contributed by atoms with Gasteiger partial charge in [-0.2, -0.15) is 0 Å². The molecule has 0 saturated heterocycles. The third-order valence-electron chi connectivity index (χ3n) is 2.05. The van der Waals surface area contributed by atoms with Crippen LogP contribution in [0.5, 0.6) is 0 Å². The Hall–Kier alpha value is 0.340. The van der Waals surface area contributed by atoms with Gasteiger partial charge >= 0.3 is 47.3 Å². The topological polar surface area (TPSA) is 29.9 Å². The Morgan fingerprint density at radius 1 is 1.25 bits per heavy atom. The van der Waals surface area contributed by atoms with Crippen LogP contribution < -0.4 is 27.1 Å². The van der Waals surface area contributed by atoms with E-state index in [0.717, 1.165) is 5.13 Å². The Morgan fingerprint density at radius 2 is 1.81 bits per heavy atom. The molecule has 16 heavy (non-hydrogen) atoms. The molecule has 0 aliphatic heterocycles. The van der Waals surface area contributed by atoms with Crippen LogP contribution in [0.25, 0.3) is 11.3 Å². The number of hydrogen-bond acceptors (Lipinski definition) is 2. The van der Waals surface area contributed by atoms with Crippen molar-refractivity contribution in [2.75, 3.05) is 5.73 Å². The Labute approximate surface area is 122 Å². The molecule has 0 fully saturated rings. The van der Waals surface area contributed by atoms with Crippen molar-refractivity contribution >= 4 is 41.8 Å². The van der Waals surface area contributed by atoms with Crippen molar-refractivity contribution in [3.8, 4) is 11.3 Å². The standard InChI is InChI=1S/C10H10N2S.Br2I/c1-12-9(7-13-10(12)11)8-5-3-2-4-6-8;1-3-2/h2-7,11H,1H3;/q;-1/p+1. The summed E-state index contributed by atoms with van der Waals surface area (Å²) in [6.45, 7) is 0. The summed E-state index contributed by atoms with van der Waals surface area (Å²) in [5.41, 5.74) is 8.14. The molecule has 2 nitrogen and oxygen atoms in total. The predicted octanol–water partition coefficient (Wildman–Crippen LogP) is 0.517. The van der Waals surface area contributed by atoms with E-state index in [2.05, 4.69) is 42.9 Å². The molecule has 1 aromatic heterocycles. The van der Waals surface area contributed by atoms with Crippen LogP contribution in [-0.4, -0.2) is 0 Å². The van der Waals surface area contributed by atoms with Crippen LogP contribution in [0.2, 0.25) is 0 Å². The van der Waals surface area contributed by atoms with Crippen molar-refractivity contribution in [3.05, 3.63) is 35.7 Å². The third kappa shape index (κ3) is 3.97. The molecule has 0 aliphatic rings. The molecule has 0 bridgehead atoms. The zero-order valence-corrected chi connectivity index (χ0v) is 14.7. The van der Waals surface area contributed by atoms with Gasteiger partial charge in [0.25, 0.3) is 0 Å². The van der Waals surface area contributed by atoms with Crippen molar-refractivity contribution in [1.82, 2.24) is 0 Å². The van der Waals surface area contributed by atoms with E-state index in [1.807, 2.05) is 29.8 Å². The van der Waals surface area contributed by atoms with Crippen molar-refractivity contribution in [2.24, 2.45) is 7.05 Å². The number of rotatable bonds is 1.